The average molecular weight is 326 g/mol. The number of nitrogens with one attached hydrogen (secondary N) is 1. The van der Waals surface area contributed by atoms with Gasteiger partial charge in [0.15, 0.2) is 5.96 Å². The van der Waals surface area contributed by atoms with Gasteiger partial charge in [0.05, 0.1) is 0 Å². The Bertz CT molecular complexity index is 427. The van der Waals surface area contributed by atoms with Crippen molar-refractivity contribution in [2.45, 2.75) is 53.6 Å². The van der Waals surface area contributed by atoms with Gasteiger partial charge < -0.3 is 19.9 Å². The summed E-state index contributed by atoms with van der Waals surface area (Å²) >= 11 is 0. The number of likely N-dealkylation sites (tertiary alicyclic amines) is 1. The Labute approximate surface area is 141 Å². The maximum Gasteiger partial charge on any atom is 0.410 e. The summed E-state index contributed by atoms with van der Waals surface area (Å²) in [5.74, 6) is 0.913. The summed E-state index contributed by atoms with van der Waals surface area (Å²) in [5.41, 5.74) is -0.126. The molecule has 1 aliphatic heterocycles. The predicted octanol–water partition coefficient (Wildman–Crippen LogP) is 2.55. The third-order valence-electron chi connectivity index (χ3n) is 3.89. The quantitative estimate of drug-likeness (QED) is 0.637. The molecule has 1 heterocycles. The monoisotopic (exact) mass is 326 g/mol. The number of nitrogens with zero attached hydrogens (tertiary/aromatic N) is 3. The number of rotatable bonds is 4. The highest BCUT2D eigenvalue weighted by molar-refractivity contribution is 5.80. The molecular weight excluding hydrogens is 292 g/mol. The SMILES string of the molecule is CCN(CCNC(=NC)N1CCC(C)(C)C1)C(=O)OC(C)(C)C. The Morgan fingerprint density at radius 1 is 1.39 bits per heavy atom. The number of carbonyl (C=O) groups excluding carboxylic acids is 1. The van der Waals surface area contributed by atoms with Gasteiger partial charge >= 0.3 is 6.09 Å². The van der Waals surface area contributed by atoms with E-state index in [9.17, 15) is 4.79 Å². The van der Waals surface area contributed by atoms with Gasteiger partial charge in [0.1, 0.15) is 5.60 Å². The van der Waals surface area contributed by atoms with Gasteiger partial charge in [-0.1, -0.05) is 13.8 Å². The molecule has 6 heteroatoms. The summed E-state index contributed by atoms with van der Waals surface area (Å²) in [4.78, 5) is 20.5. The molecule has 6 nitrogen and oxygen atoms in total. The van der Waals surface area contributed by atoms with E-state index in [0.29, 0.717) is 25.0 Å². The number of hydrogen-bond donors (Lipinski definition) is 1. The Morgan fingerprint density at radius 2 is 2.04 bits per heavy atom. The highest BCUT2D eigenvalue weighted by atomic mass is 16.6. The van der Waals surface area contributed by atoms with Crippen molar-refractivity contribution in [2.24, 2.45) is 10.4 Å². The molecule has 1 aliphatic rings. The maximum atomic E-state index is 12.1. The molecule has 0 bridgehead atoms. The topological polar surface area (TPSA) is 57.2 Å². The first-order valence-electron chi connectivity index (χ1n) is 8.51. The van der Waals surface area contributed by atoms with E-state index in [-0.39, 0.29) is 6.09 Å². The van der Waals surface area contributed by atoms with Crippen molar-refractivity contribution in [1.29, 1.82) is 0 Å². The Morgan fingerprint density at radius 3 is 2.48 bits per heavy atom. The van der Waals surface area contributed by atoms with Gasteiger partial charge in [0, 0.05) is 39.8 Å². The fourth-order valence-corrected chi connectivity index (χ4v) is 2.63. The highest BCUT2D eigenvalue weighted by Gasteiger charge is 2.30. The number of guanidine groups is 1. The first-order valence-corrected chi connectivity index (χ1v) is 8.51. The second kappa shape index (κ2) is 7.88. The summed E-state index contributed by atoms with van der Waals surface area (Å²) in [6.45, 7) is 16.1. The molecule has 0 aromatic rings. The maximum absolute atomic E-state index is 12.1. The van der Waals surface area contributed by atoms with Crippen molar-refractivity contribution in [3.05, 3.63) is 0 Å². The van der Waals surface area contributed by atoms with Gasteiger partial charge in [0.2, 0.25) is 0 Å². The first-order chi connectivity index (χ1) is 10.6. The molecule has 0 aliphatic carbocycles. The van der Waals surface area contributed by atoms with Gasteiger partial charge in [-0.25, -0.2) is 4.79 Å². The molecule has 134 valence electrons. The molecule has 0 saturated carbocycles. The molecule has 1 N–H and O–H groups in total. The summed E-state index contributed by atoms with van der Waals surface area (Å²) < 4.78 is 5.42. The number of hydrogen-bond acceptors (Lipinski definition) is 3. The lowest BCUT2D eigenvalue weighted by atomic mass is 9.93. The number of aliphatic imine (C=N–C) groups is 1. The minimum absolute atomic E-state index is 0.265. The molecule has 0 spiro atoms. The van der Waals surface area contributed by atoms with E-state index in [4.69, 9.17) is 4.74 Å². The molecular formula is C17H34N4O2. The van der Waals surface area contributed by atoms with Crippen LogP contribution in [0.5, 0.6) is 0 Å². The van der Waals surface area contributed by atoms with Crippen molar-refractivity contribution < 1.29 is 9.53 Å². The van der Waals surface area contributed by atoms with E-state index in [2.05, 4.69) is 29.1 Å². The van der Waals surface area contributed by atoms with Crippen LogP contribution in [0, 0.1) is 5.41 Å². The summed E-state index contributed by atoms with van der Waals surface area (Å²) in [6.07, 6.45) is 0.909. The standard InChI is InChI=1S/C17H34N4O2/c1-8-20(15(22)23-16(2,3)4)12-10-19-14(18-7)21-11-9-17(5,6)13-21/h8-13H2,1-7H3,(H,18,19). The number of carbonyl (C=O) groups is 1. The molecule has 0 aromatic heterocycles. The summed E-state index contributed by atoms with van der Waals surface area (Å²) in [5, 5.41) is 3.36. The van der Waals surface area contributed by atoms with E-state index in [1.165, 1.54) is 6.42 Å². The zero-order chi connectivity index (χ0) is 17.7. The Hall–Kier alpha value is -1.46. The van der Waals surface area contributed by atoms with Crippen molar-refractivity contribution in [1.82, 2.24) is 15.1 Å². The van der Waals surface area contributed by atoms with E-state index in [0.717, 1.165) is 19.0 Å². The Balaban J connectivity index is 2.45. The van der Waals surface area contributed by atoms with Crippen LogP contribution in [0.25, 0.3) is 0 Å². The van der Waals surface area contributed by atoms with Crippen LogP contribution < -0.4 is 5.32 Å². The number of ether oxygens (including phenoxy) is 1. The van der Waals surface area contributed by atoms with Crippen LogP contribution >= 0.6 is 0 Å². The fourth-order valence-electron chi connectivity index (χ4n) is 2.63. The van der Waals surface area contributed by atoms with Crippen molar-refractivity contribution in [3.8, 4) is 0 Å². The van der Waals surface area contributed by atoms with E-state index in [1.807, 2.05) is 27.7 Å². The summed E-state index contributed by atoms with van der Waals surface area (Å²) in [7, 11) is 1.80. The minimum atomic E-state index is -0.463. The average Bonchev–Trinajstić information content (AvgIpc) is 2.77. The molecule has 0 aromatic carbocycles. The fraction of sp³-hybridized carbons (Fsp3) is 0.882. The normalized spacial score (nSPS) is 18.0. The predicted molar refractivity (Wildman–Crippen MR) is 94.8 cm³/mol. The zero-order valence-corrected chi connectivity index (χ0v) is 15.9. The van der Waals surface area contributed by atoms with E-state index < -0.39 is 5.60 Å². The molecule has 1 fully saturated rings. The second-order valence-corrected chi connectivity index (χ2v) is 7.87. The van der Waals surface area contributed by atoms with Crippen molar-refractivity contribution in [3.63, 3.8) is 0 Å². The second-order valence-electron chi connectivity index (χ2n) is 7.87. The van der Waals surface area contributed by atoms with Crippen LogP contribution in [0.15, 0.2) is 4.99 Å². The molecule has 0 unspecified atom stereocenters. The van der Waals surface area contributed by atoms with Gasteiger partial charge in [-0.15, -0.1) is 0 Å². The molecule has 1 saturated heterocycles. The van der Waals surface area contributed by atoms with E-state index in [1.54, 1.807) is 11.9 Å². The van der Waals surface area contributed by atoms with Crippen LogP contribution in [-0.4, -0.2) is 67.2 Å². The molecule has 23 heavy (non-hydrogen) atoms. The van der Waals surface area contributed by atoms with Crippen LogP contribution in [0.1, 0.15) is 48.0 Å². The van der Waals surface area contributed by atoms with Crippen LogP contribution in [0.3, 0.4) is 0 Å². The molecule has 1 rings (SSSR count). The molecule has 0 atom stereocenters. The Kier molecular flexibility index (Phi) is 6.71. The van der Waals surface area contributed by atoms with Crippen LogP contribution in [-0.2, 0) is 4.74 Å². The number of likely N-dealkylation sites (N-methyl/N-ethyl adjacent to an activating group) is 1. The highest BCUT2D eigenvalue weighted by Crippen LogP contribution is 2.28. The van der Waals surface area contributed by atoms with Crippen LogP contribution in [0.4, 0.5) is 4.79 Å². The lowest BCUT2D eigenvalue weighted by Gasteiger charge is -2.28. The third-order valence-corrected chi connectivity index (χ3v) is 3.89. The molecule has 0 radical (unpaired) electrons. The van der Waals surface area contributed by atoms with Crippen LogP contribution in [0.2, 0.25) is 0 Å². The van der Waals surface area contributed by atoms with Gasteiger partial charge in [-0.05, 0) is 39.5 Å². The van der Waals surface area contributed by atoms with Gasteiger partial charge in [-0.2, -0.15) is 0 Å². The largest absolute Gasteiger partial charge is 0.444 e. The third kappa shape index (κ3) is 6.67. The molecule has 1 amide bonds. The van der Waals surface area contributed by atoms with Crippen molar-refractivity contribution in [2.75, 3.05) is 39.8 Å². The number of amides is 1. The first kappa shape index (κ1) is 19.6. The zero-order valence-electron chi connectivity index (χ0n) is 15.9. The lowest BCUT2D eigenvalue weighted by Crippen LogP contribution is -2.45. The minimum Gasteiger partial charge on any atom is -0.444 e. The van der Waals surface area contributed by atoms with Crippen molar-refractivity contribution >= 4 is 12.1 Å². The lowest BCUT2D eigenvalue weighted by molar-refractivity contribution is 0.0263. The summed E-state index contributed by atoms with van der Waals surface area (Å²) in [6, 6.07) is 0. The van der Waals surface area contributed by atoms with Gasteiger partial charge in [0.25, 0.3) is 0 Å². The smallest absolute Gasteiger partial charge is 0.410 e. The van der Waals surface area contributed by atoms with Gasteiger partial charge in [-0.3, -0.25) is 4.99 Å². The van der Waals surface area contributed by atoms with E-state index >= 15 is 0 Å².